The molecule has 3 rings (SSSR count). The summed E-state index contributed by atoms with van der Waals surface area (Å²) in [5.74, 6) is -0.0329. The van der Waals surface area contributed by atoms with Crippen molar-refractivity contribution in [2.75, 3.05) is 10.6 Å². The highest BCUT2D eigenvalue weighted by atomic mass is 35.5. The second kappa shape index (κ2) is 7.72. The summed E-state index contributed by atoms with van der Waals surface area (Å²) >= 11 is 12.1. The summed E-state index contributed by atoms with van der Waals surface area (Å²) < 4.78 is 0. The van der Waals surface area contributed by atoms with E-state index in [9.17, 15) is 4.79 Å². The molecule has 0 aliphatic carbocycles. The number of benzene rings is 2. The highest BCUT2D eigenvalue weighted by Crippen LogP contribution is 2.25. The van der Waals surface area contributed by atoms with Crippen LogP contribution in [0.4, 0.5) is 17.3 Å². The van der Waals surface area contributed by atoms with Crippen LogP contribution in [0.15, 0.2) is 48.7 Å². The molecule has 0 saturated carbocycles. The van der Waals surface area contributed by atoms with E-state index in [1.807, 2.05) is 32.0 Å². The predicted octanol–water partition coefficient (Wildman–Crippen LogP) is 5.40. The number of nitrogens with one attached hydrogen (secondary N) is 2. The number of nitrogens with zero attached hydrogens (tertiary/aromatic N) is 2. The molecule has 0 atom stereocenters. The van der Waals surface area contributed by atoms with Crippen LogP contribution >= 0.6 is 23.2 Å². The van der Waals surface area contributed by atoms with Crippen LogP contribution in [0.2, 0.25) is 10.0 Å². The van der Waals surface area contributed by atoms with Gasteiger partial charge in [0.1, 0.15) is 5.69 Å². The summed E-state index contributed by atoms with van der Waals surface area (Å²) in [4.78, 5) is 20.9. The third kappa shape index (κ3) is 4.12. The summed E-state index contributed by atoms with van der Waals surface area (Å²) in [5, 5.41) is 7.09. The van der Waals surface area contributed by atoms with Gasteiger partial charge in [0.15, 0.2) is 0 Å². The topological polar surface area (TPSA) is 66.9 Å². The lowest BCUT2D eigenvalue weighted by molar-refractivity contribution is 0.102. The van der Waals surface area contributed by atoms with E-state index in [-0.39, 0.29) is 11.6 Å². The number of carbonyl (C=O) groups is 1. The van der Waals surface area contributed by atoms with Crippen LogP contribution in [0.3, 0.4) is 0 Å². The molecule has 1 heterocycles. The van der Waals surface area contributed by atoms with Crippen LogP contribution in [-0.4, -0.2) is 15.9 Å². The molecule has 7 heteroatoms. The lowest BCUT2D eigenvalue weighted by Crippen LogP contribution is -2.15. The SMILES string of the molecule is Cc1ccc(Cl)cc1NC(=O)c1ccnc(Nc2cccc(Cl)c2C)n1. The highest BCUT2D eigenvalue weighted by Gasteiger charge is 2.12. The number of aryl methyl sites for hydroxylation is 1. The van der Waals surface area contributed by atoms with Crippen molar-refractivity contribution in [3.05, 3.63) is 75.5 Å². The number of hydrogen-bond donors (Lipinski definition) is 2. The molecule has 0 aliphatic heterocycles. The Morgan fingerprint density at radius 3 is 2.65 bits per heavy atom. The predicted molar refractivity (Wildman–Crippen MR) is 106 cm³/mol. The zero-order valence-electron chi connectivity index (χ0n) is 14.2. The van der Waals surface area contributed by atoms with Crippen molar-refractivity contribution >= 4 is 46.4 Å². The van der Waals surface area contributed by atoms with Gasteiger partial charge in [0, 0.05) is 27.6 Å². The number of hydrogen-bond acceptors (Lipinski definition) is 4. The molecule has 1 amide bonds. The minimum atomic E-state index is -0.344. The molecule has 132 valence electrons. The molecule has 5 nitrogen and oxygen atoms in total. The second-order valence-corrected chi connectivity index (χ2v) is 6.56. The zero-order chi connectivity index (χ0) is 18.7. The number of aromatic nitrogens is 2. The van der Waals surface area contributed by atoms with Crippen LogP contribution in [0.5, 0.6) is 0 Å². The normalized spacial score (nSPS) is 10.5. The number of carbonyl (C=O) groups excluding carboxylic acids is 1. The van der Waals surface area contributed by atoms with Gasteiger partial charge in [-0.3, -0.25) is 4.79 Å². The second-order valence-electron chi connectivity index (χ2n) is 5.72. The Labute approximate surface area is 161 Å². The summed E-state index contributed by atoms with van der Waals surface area (Å²) in [7, 11) is 0. The van der Waals surface area contributed by atoms with Crippen LogP contribution in [0.1, 0.15) is 21.6 Å². The van der Waals surface area contributed by atoms with Gasteiger partial charge in [-0.25, -0.2) is 9.97 Å². The molecule has 0 spiro atoms. The van der Waals surface area contributed by atoms with Crippen molar-refractivity contribution in [2.45, 2.75) is 13.8 Å². The standard InChI is InChI=1S/C19H16Cl2N4O/c1-11-6-7-13(20)10-17(11)23-18(26)16-8-9-22-19(25-16)24-15-5-3-4-14(21)12(15)2/h3-10H,1-2H3,(H,23,26)(H,22,24,25). The average molecular weight is 387 g/mol. The first-order chi connectivity index (χ1) is 12.4. The Bertz CT molecular complexity index is 976. The Balaban J connectivity index is 1.81. The largest absolute Gasteiger partial charge is 0.324 e. The van der Waals surface area contributed by atoms with E-state index in [0.717, 1.165) is 16.8 Å². The van der Waals surface area contributed by atoms with Gasteiger partial charge >= 0.3 is 0 Å². The maximum Gasteiger partial charge on any atom is 0.274 e. The molecule has 2 N–H and O–H groups in total. The molecule has 0 fully saturated rings. The van der Waals surface area contributed by atoms with Crippen molar-refractivity contribution in [3.63, 3.8) is 0 Å². The van der Waals surface area contributed by atoms with Gasteiger partial charge in [0.05, 0.1) is 0 Å². The smallest absolute Gasteiger partial charge is 0.274 e. The van der Waals surface area contributed by atoms with Crippen LogP contribution in [-0.2, 0) is 0 Å². The van der Waals surface area contributed by atoms with Gasteiger partial charge in [-0.15, -0.1) is 0 Å². The van der Waals surface area contributed by atoms with Gasteiger partial charge in [0.2, 0.25) is 5.95 Å². The first-order valence-electron chi connectivity index (χ1n) is 7.87. The van der Waals surface area contributed by atoms with E-state index in [0.29, 0.717) is 21.7 Å². The van der Waals surface area contributed by atoms with E-state index >= 15 is 0 Å². The lowest BCUT2D eigenvalue weighted by Gasteiger charge is -2.11. The minimum Gasteiger partial charge on any atom is -0.324 e. The van der Waals surface area contributed by atoms with Crippen LogP contribution < -0.4 is 10.6 Å². The van der Waals surface area contributed by atoms with Crippen LogP contribution in [0.25, 0.3) is 0 Å². The Morgan fingerprint density at radius 2 is 1.85 bits per heavy atom. The minimum absolute atomic E-state index is 0.238. The first-order valence-corrected chi connectivity index (χ1v) is 8.62. The molecular weight excluding hydrogens is 371 g/mol. The maximum absolute atomic E-state index is 12.5. The fourth-order valence-corrected chi connectivity index (χ4v) is 2.67. The first kappa shape index (κ1) is 18.2. The third-order valence-electron chi connectivity index (χ3n) is 3.85. The molecule has 0 saturated heterocycles. The maximum atomic E-state index is 12.5. The van der Waals surface area contributed by atoms with Crippen LogP contribution in [0, 0.1) is 13.8 Å². The molecule has 3 aromatic rings. The Hall–Kier alpha value is -2.63. The fourth-order valence-electron chi connectivity index (χ4n) is 2.32. The summed E-state index contributed by atoms with van der Waals surface area (Å²) in [6.07, 6.45) is 1.52. The molecule has 0 unspecified atom stereocenters. The van der Waals surface area contributed by atoms with E-state index in [4.69, 9.17) is 23.2 Å². The Morgan fingerprint density at radius 1 is 1.04 bits per heavy atom. The molecule has 0 aliphatic rings. The van der Waals surface area contributed by atoms with E-state index in [1.54, 1.807) is 24.3 Å². The lowest BCUT2D eigenvalue weighted by atomic mass is 10.2. The summed E-state index contributed by atoms with van der Waals surface area (Å²) in [6.45, 7) is 3.78. The van der Waals surface area contributed by atoms with E-state index < -0.39 is 0 Å². The fraction of sp³-hybridized carbons (Fsp3) is 0.105. The van der Waals surface area contributed by atoms with Crippen molar-refractivity contribution in [3.8, 4) is 0 Å². The molecule has 0 bridgehead atoms. The van der Waals surface area contributed by atoms with Crippen molar-refractivity contribution < 1.29 is 4.79 Å². The quantitative estimate of drug-likeness (QED) is 0.629. The van der Waals surface area contributed by atoms with Gasteiger partial charge in [0.25, 0.3) is 5.91 Å². The van der Waals surface area contributed by atoms with E-state index in [1.165, 1.54) is 6.20 Å². The molecule has 0 radical (unpaired) electrons. The molecule has 1 aromatic heterocycles. The monoisotopic (exact) mass is 386 g/mol. The van der Waals surface area contributed by atoms with Gasteiger partial charge in [-0.2, -0.15) is 0 Å². The number of rotatable bonds is 4. The summed E-state index contributed by atoms with van der Waals surface area (Å²) in [6, 6.07) is 12.4. The van der Waals surface area contributed by atoms with Crippen molar-refractivity contribution in [1.82, 2.24) is 9.97 Å². The molecular formula is C19H16Cl2N4O. The van der Waals surface area contributed by atoms with Crippen molar-refractivity contribution in [2.24, 2.45) is 0 Å². The third-order valence-corrected chi connectivity index (χ3v) is 4.49. The average Bonchev–Trinajstić information content (AvgIpc) is 2.62. The van der Waals surface area contributed by atoms with Gasteiger partial charge < -0.3 is 10.6 Å². The molecule has 26 heavy (non-hydrogen) atoms. The Kier molecular flexibility index (Phi) is 5.40. The highest BCUT2D eigenvalue weighted by molar-refractivity contribution is 6.31. The van der Waals surface area contributed by atoms with Gasteiger partial charge in [-0.1, -0.05) is 35.3 Å². The number of amides is 1. The van der Waals surface area contributed by atoms with Gasteiger partial charge in [-0.05, 0) is 55.3 Å². The van der Waals surface area contributed by atoms with Crippen molar-refractivity contribution in [1.29, 1.82) is 0 Å². The number of anilines is 3. The number of halogens is 2. The molecule has 2 aromatic carbocycles. The summed E-state index contributed by atoms with van der Waals surface area (Å²) in [5.41, 5.74) is 3.44. The zero-order valence-corrected chi connectivity index (χ0v) is 15.7. The van der Waals surface area contributed by atoms with E-state index in [2.05, 4.69) is 20.6 Å².